The van der Waals surface area contributed by atoms with Crippen LogP contribution < -0.4 is 25.2 Å². The average Bonchev–Trinajstić information content (AvgIpc) is 1.45. The average molecular weight is 1390 g/mol. The van der Waals surface area contributed by atoms with Gasteiger partial charge in [-0.05, 0) is 50.8 Å². The van der Waals surface area contributed by atoms with Gasteiger partial charge in [0.2, 0.25) is 11.7 Å². The molecule has 2 aromatic rings. The van der Waals surface area contributed by atoms with Crippen molar-refractivity contribution in [3.63, 3.8) is 0 Å². The number of hydrogen-bond donors (Lipinski definition) is 1. The fraction of sp³-hybridized carbons (Fsp3) is 0.819. The van der Waals surface area contributed by atoms with Crippen LogP contribution in [0.3, 0.4) is 0 Å². The number of nitrogens with one attached hydrogen (secondary N) is 1. The molecule has 99 heavy (non-hydrogen) atoms. The van der Waals surface area contributed by atoms with Crippen LogP contribution in [-0.4, -0.2) is 96.2 Å². The van der Waals surface area contributed by atoms with Crippen LogP contribution in [-0.2, 0) is 33.4 Å². The summed E-state index contributed by atoms with van der Waals surface area (Å²) < 4.78 is 38.4. The van der Waals surface area contributed by atoms with Crippen molar-refractivity contribution < 1.29 is 52.4 Å². The molecule has 1 fully saturated rings. The minimum absolute atomic E-state index is 0.00422. The van der Waals surface area contributed by atoms with Crippen molar-refractivity contribution in [2.24, 2.45) is 0 Å². The SMILES string of the molecule is CCCCCCCCCCCCCCCCCCOc1cc(C(=O)N(C)CCOC(=O)CCC(=O)Nc2ccn([C@H]3C[C@@H](OC(=O)CCC(C)=O)[C@@H](CC)O3)c(=O)n2)cc(OCCCCCCCCCCCCCCCCCC)c1OCCCCCCCCCCCCCCCCCC. The molecule has 16 nitrogen and oxygen atoms in total. The molecule has 16 heteroatoms. The summed E-state index contributed by atoms with van der Waals surface area (Å²) in [4.78, 5) is 82.7. The molecule has 1 aliphatic heterocycles. The number of anilines is 1. The van der Waals surface area contributed by atoms with Gasteiger partial charge in [0.15, 0.2) is 11.5 Å². The second-order valence-electron chi connectivity index (χ2n) is 28.8. The summed E-state index contributed by atoms with van der Waals surface area (Å²) in [7, 11) is 1.67. The van der Waals surface area contributed by atoms with Crippen LogP contribution in [0.4, 0.5) is 5.82 Å². The third-order valence-corrected chi connectivity index (χ3v) is 19.6. The molecule has 1 aromatic heterocycles. The lowest BCUT2D eigenvalue weighted by molar-refractivity contribution is -0.152. The molecule has 0 bridgehead atoms. The van der Waals surface area contributed by atoms with Gasteiger partial charge in [-0.25, -0.2) is 4.79 Å². The van der Waals surface area contributed by atoms with E-state index in [0.29, 0.717) is 49.1 Å². The molecule has 1 aliphatic rings. The Morgan fingerprint density at radius 2 is 0.869 bits per heavy atom. The zero-order valence-corrected chi connectivity index (χ0v) is 64.0. The molecule has 1 saturated heterocycles. The van der Waals surface area contributed by atoms with Crippen molar-refractivity contribution in [3.8, 4) is 17.2 Å². The number of carbonyl (C=O) groups is 5. The highest BCUT2D eigenvalue weighted by molar-refractivity contribution is 5.95. The maximum atomic E-state index is 14.4. The molecule has 0 unspecified atom stereocenters. The lowest BCUT2D eigenvalue weighted by atomic mass is 10.0. The molecule has 0 spiro atoms. The molecular formula is C83H144N4O12. The van der Waals surface area contributed by atoms with E-state index in [2.05, 4.69) is 31.1 Å². The number of amides is 2. The number of ketones is 1. The van der Waals surface area contributed by atoms with E-state index in [-0.39, 0.29) is 62.8 Å². The van der Waals surface area contributed by atoms with Gasteiger partial charge >= 0.3 is 17.6 Å². The number of hydrogen-bond acceptors (Lipinski definition) is 13. The first-order valence-electron chi connectivity index (χ1n) is 41.1. The maximum Gasteiger partial charge on any atom is 0.351 e. The summed E-state index contributed by atoms with van der Waals surface area (Å²) in [6, 6.07) is 5.03. The fourth-order valence-corrected chi connectivity index (χ4v) is 13.2. The van der Waals surface area contributed by atoms with Crippen LogP contribution in [0.2, 0.25) is 0 Å². The van der Waals surface area contributed by atoms with Gasteiger partial charge in [0, 0.05) is 38.1 Å². The molecule has 0 saturated carbocycles. The maximum absolute atomic E-state index is 14.4. The Kier molecular flexibility index (Phi) is 54.0. The van der Waals surface area contributed by atoms with E-state index >= 15 is 0 Å². The molecule has 1 aromatic carbocycles. The molecule has 0 aliphatic carbocycles. The summed E-state index contributed by atoms with van der Waals surface area (Å²) in [5.74, 6) is -0.458. The number of Topliss-reactive ketones (excluding diaryl/α,β-unsaturated/α-hetero) is 1. The van der Waals surface area contributed by atoms with E-state index in [1.54, 1.807) is 19.2 Å². The van der Waals surface area contributed by atoms with Crippen LogP contribution in [0, 0.1) is 0 Å². The molecule has 0 radical (unpaired) electrons. The van der Waals surface area contributed by atoms with Gasteiger partial charge in [0.25, 0.3) is 5.91 Å². The van der Waals surface area contributed by atoms with Crippen LogP contribution >= 0.6 is 0 Å². The summed E-state index contributed by atoms with van der Waals surface area (Å²) in [5.41, 5.74) is -0.281. The molecule has 2 amide bonds. The van der Waals surface area contributed by atoms with E-state index in [1.807, 2.05) is 6.92 Å². The van der Waals surface area contributed by atoms with Gasteiger partial charge in [-0.1, -0.05) is 317 Å². The normalized spacial score (nSPS) is 14.3. The predicted octanol–water partition coefficient (Wildman–Crippen LogP) is 22.2. The van der Waals surface area contributed by atoms with Crippen molar-refractivity contribution in [2.45, 2.75) is 400 Å². The predicted molar refractivity (Wildman–Crippen MR) is 404 cm³/mol. The summed E-state index contributed by atoms with van der Waals surface area (Å²) >= 11 is 0. The second kappa shape index (κ2) is 60.6. The Balaban J connectivity index is 1.60. The highest BCUT2D eigenvalue weighted by Gasteiger charge is 2.38. The first-order valence-corrected chi connectivity index (χ1v) is 41.1. The molecular weight excluding hydrogens is 1240 g/mol. The lowest BCUT2D eigenvalue weighted by Crippen LogP contribution is -2.31. The Morgan fingerprint density at radius 1 is 0.495 bits per heavy atom. The Hall–Kier alpha value is -4.99. The number of likely N-dealkylation sites (N-methyl/N-ethyl adjacent to an activating group) is 1. The summed E-state index contributed by atoms with van der Waals surface area (Å²) in [5, 5.41) is 2.58. The molecule has 568 valence electrons. The minimum atomic E-state index is -0.748. The van der Waals surface area contributed by atoms with E-state index in [1.165, 1.54) is 298 Å². The van der Waals surface area contributed by atoms with Gasteiger partial charge < -0.3 is 43.4 Å². The number of unbranched alkanes of at least 4 members (excludes halogenated alkanes) is 45. The van der Waals surface area contributed by atoms with E-state index < -0.39 is 42.0 Å². The zero-order valence-electron chi connectivity index (χ0n) is 64.0. The third-order valence-electron chi connectivity index (χ3n) is 19.6. The van der Waals surface area contributed by atoms with Gasteiger partial charge in [-0.2, -0.15) is 4.98 Å². The van der Waals surface area contributed by atoms with Crippen molar-refractivity contribution in [1.29, 1.82) is 0 Å². The van der Waals surface area contributed by atoms with Gasteiger partial charge in [-0.15, -0.1) is 0 Å². The molecule has 1 N–H and O–H groups in total. The highest BCUT2D eigenvalue weighted by Crippen LogP contribution is 2.40. The van der Waals surface area contributed by atoms with Gasteiger partial charge in [0.05, 0.1) is 45.3 Å². The first kappa shape index (κ1) is 88.2. The Labute approximate surface area is 602 Å². The van der Waals surface area contributed by atoms with Crippen LogP contribution in [0.25, 0.3) is 0 Å². The standard InChI is InChI=1S/C83H144N4O12/c1-7-11-14-17-20-23-26-29-32-35-38-41-44-47-50-53-63-94-74-67-71(82(92)86(6)62-66-96-79(90)59-57-77(89)84-76-60-61-87(83(93)85-76)78-69-73(72(10-4)98-78)99-80(91)58-56-70(5)88)68-75(95-64-54-51-48-45-42-39-36-33-30-27-24-21-18-15-12-8-2)81(74)97-65-55-52-49-46-43-40-37-34-31-28-25-22-19-16-13-9-3/h60-61,67-68,72-73,78H,7-59,62-66,69H2,1-6H3,(H,84,85,89,93)/t72-,73-,78-/m1/s1. The van der Waals surface area contributed by atoms with Gasteiger partial charge in [-0.3, -0.25) is 23.7 Å². The number of ether oxygens (including phenoxy) is 6. The zero-order chi connectivity index (χ0) is 71.4. The van der Waals surface area contributed by atoms with Crippen LogP contribution in [0.1, 0.15) is 398 Å². The largest absolute Gasteiger partial charge is 0.490 e. The topological polar surface area (TPSA) is 191 Å². The smallest absolute Gasteiger partial charge is 0.351 e. The quantitative estimate of drug-likeness (QED) is 0.0487. The minimum Gasteiger partial charge on any atom is -0.490 e. The van der Waals surface area contributed by atoms with Crippen molar-refractivity contribution in [1.82, 2.24) is 14.5 Å². The highest BCUT2D eigenvalue weighted by atomic mass is 16.6. The van der Waals surface area contributed by atoms with Crippen molar-refractivity contribution in [3.05, 3.63) is 40.4 Å². The fourth-order valence-electron chi connectivity index (χ4n) is 13.2. The molecule has 3 atom stereocenters. The number of carbonyl (C=O) groups excluding carboxylic acids is 5. The first-order chi connectivity index (χ1) is 48.4. The van der Waals surface area contributed by atoms with Crippen LogP contribution in [0.5, 0.6) is 17.2 Å². The number of esters is 2. The number of rotatable bonds is 68. The number of nitrogens with zero attached hydrogens (tertiary/aromatic N) is 3. The molecule has 3 rings (SSSR count). The number of aromatic nitrogens is 2. The number of benzene rings is 1. The monoisotopic (exact) mass is 1390 g/mol. The van der Waals surface area contributed by atoms with Crippen molar-refractivity contribution >= 4 is 35.4 Å². The van der Waals surface area contributed by atoms with Gasteiger partial charge in [0.1, 0.15) is 30.5 Å². The Bertz CT molecular complexity index is 2370. The second-order valence-corrected chi connectivity index (χ2v) is 28.8. The van der Waals surface area contributed by atoms with Crippen molar-refractivity contribution in [2.75, 3.05) is 45.3 Å². The molecule has 2 heterocycles. The lowest BCUT2D eigenvalue weighted by Gasteiger charge is -2.21. The summed E-state index contributed by atoms with van der Waals surface area (Å²) in [6.07, 6.45) is 62.0. The Morgan fingerprint density at radius 3 is 1.24 bits per heavy atom. The van der Waals surface area contributed by atoms with E-state index in [4.69, 9.17) is 28.4 Å². The van der Waals surface area contributed by atoms with Crippen LogP contribution in [0.15, 0.2) is 29.2 Å². The third kappa shape index (κ3) is 44.9. The van der Waals surface area contributed by atoms with E-state index in [0.717, 1.165) is 38.5 Å². The summed E-state index contributed by atoms with van der Waals surface area (Å²) in [6.45, 7) is 11.7. The van der Waals surface area contributed by atoms with E-state index in [9.17, 15) is 28.8 Å².